The molecule has 6 heteroatoms. The topological polar surface area (TPSA) is 86.5 Å². The summed E-state index contributed by atoms with van der Waals surface area (Å²) < 4.78 is 0. The summed E-state index contributed by atoms with van der Waals surface area (Å²) >= 11 is 0. The Labute approximate surface area is 303 Å². The van der Waals surface area contributed by atoms with E-state index < -0.39 is 0 Å². The van der Waals surface area contributed by atoms with Crippen molar-refractivity contribution in [3.8, 4) is 50.6 Å². The normalized spacial score (nSPS) is 10.3. The van der Waals surface area contributed by atoms with Crippen LogP contribution in [-0.2, 0) is 0 Å². The first-order chi connectivity index (χ1) is 23.9. The molecule has 0 aliphatic carbocycles. The Hall–Kier alpha value is -5.93. The molecule has 50 heavy (non-hydrogen) atoms. The van der Waals surface area contributed by atoms with Gasteiger partial charge in [-0.25, -0.2) is 9.97 Å². The molecule has 3 N–H and O–H groups in total. The zero-order valence-corrected chi connectivity index (χ0v) is 29.1. The molecule has 6 aromatic carbocycles. The van der Waals surface area contributed by atoms with Crippen molar-refractivity contribution in [2.45, 2.75) is 13.8 Å². The van der Waals surface area contributed by atoms with Crippen molar-refractivity contribution in [3.63, 3.8) is 0 Å². The van der Waals surface area contributed by atoms with Crippen LogP contribution in [0.4, 0.5) is 0 Å². The SMILES string of the molecule is Cc1ccc2cccc(O)c2n1.Cc1ccc2cccc(O)c2n1.Oc1c(-c2ccccc2)cc(-c2ccccc2)cc1-c1ccccc1.[Al]. The van der Waals surface area contributed by atoms with Crippen LogP contribution in [0.25, 0.3) is 55.2 Å². The molecule has 0 aliphatic heterocycles. The zero-order valence-electron chi connectivity index (χ0n) is 27.9. The second-order valence-electron chi connectivity index (χ2n) is 11.6. The minimum Gasteiger partial charge on any atom is -0.507 e. The van der Waals surface area contributed by atoms with E-state index in [4.69, 9.17) is 0 Å². The fourth-order valence-corrected chi connectivity index (χ4v) is 5.57. The summed E-state index contributed by atoms with van der Waals surface area (Å²) in [5.41, 5.74) is 9.14. The molecule has 2 aromatic heterocycles. The molecule has 8 rings (SSSR count). The van der Waals surface area contributed by atoms with Crippen molar-refractivity contribution in [1.29, 1.82) is 0 Å². The van der Waals surface area contributed by atoms with E-state index in [1.54, 1.807) is 12.1 Å². The Kier molecular flexibility index (Phi) is 11.6. The van der Waals surface area contributed by atoms with E-state index in [9.17, 15) is 15.3 Å². The average molecular weight is 668 g/mol. The minimum absolute atomic E-state index is 0. The van der Waals surface area contributed by atoms with Crippen molar-refractivity contribution < 1.29 is 15.3 Å². The number of pyridine rings is 2. The summed E-state index contributed by atoms with van der Waals surface area (Å²) in [4.78, 5) is 8.45. The fourth-order valence-electron chi connectivity index (χ4n) is 5.57. The van der Waals surface area contributed by atoms with E-state index in [0.717, 1.165) is 55.5 Å². The van der Waals surface area contributed by atoms with E-state index >= 15 is 0 Å². The van der Waals surface area contributed by atoms with Gasteiger partial charge < -0.3 is 15.3 Å². The molecule has 2 heterocycles. The summed E-state index contributed by atoms with van der Waals surface area (Å²) in [6.07, 6.45) is 0. The largest absolute Gasteiger partial charge is 0.507 e. The second kappa shape index (κ2) is 16.5. The lowest BCUT2D eigenvalue weighted by Crippen LogP contribution is -1.88. The molecule has 0 aliphatic rings. The highest BCUT2D eigenvalue weighted by atomic mass is 27.0. The molecule has 5 nitrogen and oxygen atoms in total. The van der Waals surface area contributed by atoms with Crippen LogP contribution in [0.15, 0.2) is 164 Å². The van der Waals surface area contributed by atoms with Gasteiger partial charge in [-0.15, -0.1) is 0 Å². The molecule has 0 saturated heterocycles. The number of aromatic nitrogens is 2. The molecule has 0 amide bonds. The molecule has 0 atom stereocenters. The number of phenols is 3. The van der Waals surface area contributed by atoms with Gasteiger partial charge in [0, 0.05) is 50.6 Å². The van der Waals surface area contributed by atoms with E-state index in [2.05, 4.69) is 34.2 Å². The van der Waals surface area contributed by atoms with Crippen LogP contribution >= 0.6 is 0 Å². The lowest BCUT2D eigenvalue weighted by atomic mass is 9.92. The van der Waals surface area contributed by atoms with Crippen LogP contribution in [-0.4, -0.2) is 42.6 Å². The summed E-state index contributed by atoms with van der Waals surface area (Å²) in [5.74, 6) is 0.810. The third-order valence-corrected chi connectivity index (χ3v) is 8.06. The van der Waals surface area contributed by atoms with Gasteiger partial charge in [-0.3, -0.25) is 0 Å². The molecule has 3 radical (unpaired) electrons. The highest BCUT2D eigenvalue weighted by Gasteiger charge is 2.14. The molecule has 0 bridgehead atoms. The van der Waals surface area contributed by atoms with E-state index in [1.165, 1.54) is 0 Å². The van der Waals surface area contributed by atoms with Crippen LogP contribution in [0.5, 0.6) is 17.2 Å². The number of fused-ring (bicyclic) bond motifs is 2. The Bertz CT molecular complexity index is 2190. The second-order valence-corrected chi connectivity index (χ2v) is 11.6. The lowest BCUT2D eigenvalue weighted by molar-refractivity contribution is 0.479. The number of nitrogens with zero attached hydrogens (tertiary/aromatic N) is 2. The minimum atomic E-state index is 0. The molecule has 0 spiro atoms. The summed E-state index contributed by atoms with van der Waals surface area (Å²) in [5, 5.41) is 31.8. The van der Waals surface area contributed by atoms with Crippen LogP contribution in [0.3, 0.4) is 0 Å². The van der Waals surface area contributed by atoms with Gasteiger partial charge in [0.05, 0.1) is 0 Å². The van der Waals surface area contributed by atoms with Gasteiger partial charge in [-0.1, -0.05) is 127 Å². The van der Waals surface area contributed by atoms with E-state index in [1.807, 2.05) is 141 Å². The number of para-hydroxylation sites is 2. The quantitative estimate of drug-likeness (QED) is 0.163. The summed E-state index contributed by atoms with van der Waals surface area (Å²) in [6.45, 7) is 3.82. The average Bonchev–Trinajstić information content (AvgIpc) is 3.14. The van der Waals surface area contributed by atoms with Crippen LogP contribution in [0.2, 0.25) is 0 Å². The molecule has 0 unspecified atom stereocenters. The maximum Gasteiger partial charge on any atom is 0.141 e. The number of hydrogen-bond acceptors (Lipinski definition) is 5. The van der Waals surface area contributed by atoms with Crippen molar-refractivity contribution in [2.75, 3.05) is 0 Å². The molecule has 243 valence electrons. The zero-order chi connectivity index (χ0) is 34.2. The number of aromatic hydroxyl groups is 3. The third kappa shape index (κ3) is 8.37. The number of phenolic OH excluding ortho intramolecular Hbond substituents is 3. The Morgan fingerprint density at radius 3 is 1.16 bits per heavy atom. The smallest absolute Gasteiger partial charge is 0.141 e. The first kappa shape index (κ1) is 35.4. The van der Waals surface area contributed by atoms with Gasteiger partial charge in [-0.2, -0.15) is 0 Å². The van der Waals surface area contributed by atoms with Crippen LogP contribution < -0.4 is 0 Å². The van der Waals surface area contributed by atoms with Crippen LogP contribution in [0, 0.1) is 13.8 Å². The Balaban J connectivity index is 0.000000162. The Morgan fingerprint density at radius 2 is 0.760 bits per heavy atom. The maximum absolute atomic E-state index is 11.0. The Morgan fingerprint density at radius 1 is 0.380 bits per heavy atom. The van der Waals surface area contributed by atoms with Gasteiger partial charge >= 0.3 is 0 Å². The molecular weight excluding hydrogens is 631 g/mol. The first-order valence-electron chi connectivity index (χ1n) is 16.0. The highest BCUT2D eigenvalue weighted by Crippen LogP contribution is 2.41. The van der Waals surface area contributed by atoms with E-state index in [0.29, 0.717) is 16.8 Å². The summed E-state index contributed by atoms with van der Waals surface area (Å²) in [7, 11) is 0. The van der Waals surface area contributed by atoms with Crippen molar-refractivity contribution in [1.82, 2.24) is 9.97 Å². The summed E-state index contributed by atoms with van der Waals surface area (Å²) in [6, 6.07) is 53.0. The number of hydrogen-bond donors (Lipinski definition) is 3. The third-order valence-electron chi connectivity index (χ3n) is 8.06. The fraction of sp³-hybridized carbons (Fsp3) is 0.0455. The van der Waals surface area contributed by atoms with Crippen molar-refractivity contribution in [2.24, 2.45) is 0 Å². The highest BCUT2D eigenvalue weighted by molar-refractivity contribution is 5.88. The van der Waals surface area contributed by atoms with Gasteiger partial charge in [0.25, 0.3) is 0 Å². The molecule has 8 aromatic rings. The molecule has 0 fully saturated rings. The molecular formula is C44H36AlN2O3. The van der Waals surface area contributed by atoms with Gasteiger partial charge in [0.15, 0.2) is 0 Å². The van der Waals surface area contributed by atoms with Gasteiger partial charge in [0.2, 0.25) is 0 Å². The monoisotopic (exact) mass is 667 g/mol. The van der Waals surface area contributed by atoms with Gasteiger partial charge in [-0.05, 0) is 72.5 Å². The first-order valence-corrected chi connectivity index (χ1v) is 16.0. The van der Waals surface area contributed by atoms with E-state index in [-0.39, 0.29) is 28.9 Å². The lowest BCUT2D eigenvalue weighted by Gasteiger charge is -2.14. The number of benzene rings is 6. The maximum atomic E-state index is 11.0. The standard InChI is InChI=1S/C24H18O.2C10H9NO.Al/c25-24-22(19-12-6-2-7-13-19)16-21(18-10-4-1-5-11-18)17-23(24)20-14-8-3-9-15-20;2*1-7-5-6-8-3-2-4-9(12)10(8)11-7;/h1-17,25H;2*2-6,12H,1H3;. The van der Waals surface area contributed by atoms with Crippen LogP contribution in [0.1, 0.15) is 11.4 Å². The predicted octanol–water partition coefficient (Wildman–Crippen LogP) is 10.5. The van der Waals surface area contributed by atoms with Gasteiger partial charge in [0.1, 0.15) is 28.3 Å². The van der Waals surface area contributed by atoms with Crippen molar-refractivity contribution in [3.05, 3.63) is 175 Å². The van der Waals surface area contributed by atoms with Crippen molar-refractivity contribution >= 4 is 39.2 Å². The predicted molar refractivity (Wildman–Crippen MR) is 206 cm³/mol. The molecule has 0 saturated carbocycles. The number of aryl methyl sites for hydroxylation is 2. The number of rotatable bonds is 3.